The van der Waals surface area contributed by atoms with Crippen molar-refractivity contribution < 1.29 is 28.7 Å². The number of likely N-dealkylation sites (N-methyl/N-ethyl adjacent to an activating group) is 3. The fourth-order valence-electron chi connectivity index (χ4n) is 5.65. The first-order chi connectivity index (χ1) is 23.6. The number of hydrogen-bond donors (Lipinski definition) is 2. The fraction of sp³-hybridized carbons (Fsp3) is 0.462. The molecule has 270 valence electrons. The molecule has 50 heavy (non-hydrogen) atoms. The molecule has 3 rings (SSSR count). The van der Waals surface area contributed by atoms with Crippen LogP contribution in [0.1, 0.15) is 58.1 Å². The molecular weight excluding hydrogens is 634 g/mol. The number of nitrogens with zero attached hydrogens (tertiary/aromatic N) is 3. The van der Waals surface area contributed by atoms with Gasteiger partial charge in [0.05, 0.1) is 0 Å². The average Bonchev–Trinajstić information content (AvgIpc) is 3.07. The van der Waals surface area contributed by atoms with Crippen LogP contribution < -0.4 is 10.6 Å². The summed E-state index contributed by atoms with van der Waals surface area (Å²) in [5.74, 6) is -1.35. The second kappa shape index (κ2) is 18.2. The first-order valence-electron chi connectivity index (χ1n) is 17.1. The third-order valence-corrected chi connectivity index (χ3v) is 8.42. The lowest BCUT2D eigenvalue weighted by molar-refractivity contribution is -0.144. The van der Waals surface area contributed by atoms with Crippen LogP contribution in [0.5, 0.6) is 0 Å². The summed E-state index contributed by atoms with van der Waals surface area (Å²) in [5.41, 5.74) is 0.870. The summed E-state index contributed by atoms with van der Waals surface area (Å²) in [7, 11) is 6.34. The number of ether oxygens (including phenoxy) is 1. The van der Waals surface area contributed by atoms with Crippen molar-refractivity contribution in [2.24, 2.45) is 0 Å². The molecule has 0 aliphatic rings. The van der Waals surface area contributed by atoms with Crippen molar-refractivity contribution in [2.75, 3.05) is 34.7 Å². The first kappa shape index (κ1) is 39.5. The SMILES string of the molecule is CC(=O)NCCCCC(NC(=O)[C@@H](Cc1ccccc1)N(C)C(=O)[C@@H](Cc1ccc2ccccc2c1)N(C)C(=O)OC(C)(C)C)C(=O)N(C)C. The van der Waals surface area contributed by atoms with E-state index < -0.39 is 41.6 Å². The molecule has 0 spiro atoms. The van der Waals surface area contributed by atoms with Crippen LogP contribution in [0.2, 0.25) is 0 Å². The van der Waals surface area contributed by atoms with Gasteiger partial charge in [-0.05, 0) is 61.9 Å². The maximum atomic E-state index is 14.6. The van der Waals surface area contributed by atoms with E-state index in [0.29, 0.717) is 25.8 Å². The Hall–Kier alpha value is -4.93. The van der Waals surface area contributed by atoms with Crippen LogP contribution >= 0.6 is 0 Å². The van der Waals surface area contributed by atoms with E-state index in [1.807, 2.05) is 72.8 Å². The standard InChI is InChI=1S/C39H53N5O6/c1-27(45)40-23-15-14-20-32(36(47)42(5)6)41-35(46)33(25-28-16-10-9-11-17-28)43(7)37(48)34(44(8)38(49)50-39(2,3)4)26-29-21-22-30-18-12-13-19-31(30)24-29/h9-13,16-19,21-22,24,32-34H,14-15,20,23,25-26H2,1-8H3,(H,40,45)(H,41,46)/t32?,33-,34-/m1/s1. The third-order valence-electron chi connectivity index (χ3n) is 8.42. The molecule has 0 aliphatic heterocycles. The van der Waals surface area contributed by atoms with E-state index in [9.17, 15) is 24.0 Å². The Kier molecular flexibility index (Phi) is 14.4. The van der Waals surface area contributed by atoms with Gasteiger partial charge in [-0.1, -0.05) is 72.8 Å². The minimum Gasteiger partial charge on any atom is -0.444 e. The van der Waals surface area contributed by atoms with Gasteiger partial charge < -0.3 is 25.2 Å². The molecule has 0 heterocycles. The lowest BCUT2D eigenvalue weighted by atomic mass is 9.98. The van der Waals surface area contributed by atoms with Crippen molar-refractivity contribution in [1.82, 2.24) is 25.3 Å². The molecule has 0 saturated heterocycles. The molecule has 11 nitrogen and oxygen atoms in total. The molecular formula is C39H53N5O6. The summed E-state index contributed by atoms with van der Waals surface area (Å²) in [6.07, 6.45) is 1.26. The molecule has 3 aromatic rings. The van der Waals surface area contributed by atoms with Crippen LogP contribution in [0.3, 0.4) is 0 Å². The molecule has 5 amide bonds. The van der Waals surface area contributed by atoms with Gasteiger partial charge in [-0.2, -0.15) is 0 Å². The summed E-state index contributed by atoms with van der Waals surface area (Å²) >= 11 is 0. The molecule has 1 unspecified atom stereocenters. The van der Waals surface area contributed by atoms with Crippen molar-refractivity contribution in [3.05, 3.63) is 83.9 Å². The van der Waals surface area contributed by atoms with E-state index in [2.05, 4.69) is 10.6 Å². The van der Waals surface area contributed by atoms with Crippen molar-refractivity contribution in [3.63, 3.8) is 0 Å². The zero-order valence-corrected chi connectivity index (χ0v) is 30.7. The minimum atomic E-state index is -1.01. The maximum Gasteiger partial charge on any atom is 0.410 e. The highest BCUT2D eigenvalue weighted by atomic mass is 16.6. The largest absolute Gasteiger partial charge is 0.444 e. The van der Waals surface area contributed by atoms with Gasteiger partial charge in [0.2, 0.25) is 23.6 Å². The Morgan fingerprint density at radius 1 is 0.720 bits per heavy atom. The van der Waals surface area contributed by atoms with Gasteiger partial charge in [0, 0.05) is 54.5 Å². The smallest absolute Gasteiger partial charge is 0.410 e. The molecule has 0 bridgehead atoms. The topological polar surface area (TPSA) is 128 Å². The number of benzene rings is 3. The normalized spacial score (nSPS) is 13.0. The Balaban J connectivity index is 1.96. The molecule has 11 heteroatoms. The molecule has 0 saturated carbocycles. The van der Waals surface area contributed by atoms with Crippen LogP contribution in [-0.2, 0) is 36.8 Å². The summed E-state index contributed by atoms with van der Waals surface area (Å²) < 4.78 is 5.66. The number of rotatable bonds is 15. The second-order valence-corrected chi connectivity index (χ2v) is 13.9. The van der Waals surface area contributed by atoms with E-state index in [-0.39, 0.29) is 24.7 Å². The van der Waals surface area contributed by atoms with Crippen molar-refractivity contribution in [2.45, 2.75) is 83.5 Å². The summed E-state index contributed by atoms with van der Waals surface area (Å²) in [6, 6.07) is 20.3. The molecule has 0 fully saturated rings. The monoisotopic (exact) mass is 687 g/mol. The van der Waals surface area contributed by atoms with Crippen LogP contribution in [0.4, 0.5) is 4.79 Å². The lowest BCUT2D eigenvalue weighted by Crippen LogP contribution is -2.58. The van der Waals surface area contributed by atoms with Crippen molar-refractivity contribution in [1.29, 1.82) is 0 Å². The molecule has 0 aliphatic carbocycles. The van der Waals surface area contributed by atoms with Gasteiger partial charge in [-0.3, -0.25) is 24.1 Å². The van der Waals surface area contributed by atoms with Gasteiger partial charge in [-0.15, -0.1) is 0 Å². The number of unbranched alkanes of at least 4 members (excludes halogenated alkanes) is 1. The highest BCUT2D eigenvalue weighted by Crippen LogP contribution is 2.21. The molecule has 2 N–H and O–H groups in total. The molecule has 3 atom stereocenters. The predicted molar refractivity (Wildman–Crippen MR) is 195 cm³/mol. The van der Waals surface area contributed by atoms with E-state index in [1.165, 1.54) is 28.7 Å². The number of carbonyl (C=O) groups excluding carboxylic acids is 5. The Morgan fingerprint density at radius 3 is 1.96 bits per heavy atom. The van der Waals surface area contributed by atoms with Gasteiger partial charge in [-0.25, -0.2) is 4.79 Å². The van der Waals surface area contributed by atoms with Gasteiger partial charge in [0.15, 0.2) is 0 Å². The summed E-state index contributed by atoms with van der Waals surface area (Å²) in [4.78, 5) is 70.7. The Morgan fingerprint density at radius 2 is 1.34 bits per heavy atom. The van der Waals surface area contributed by atoms with E-state index in [1.54, 1.807) is 41.9 Å². The van der Waals surface area contributed by atoms with Crippen LogP contribution in [-0.4, -0.2) is 103 Å². The zero-order valence-electron chi connectivity index (χ0n) is 30.7. The Labute approximate surface area is 296 Å². The number of carbonyl (C=O) groups is 5. The fourth-order valence-corrected chi connectivity index (χ4v) is 5.65. The van der Waals surface area contributed by atoms with Crippen LogP contribution in [0.15, 0.2) is 72.8 Å². The Bertz CT molecular complexity index is 1620. The predicted octanol–water partition coefficient (Wildman–Crippen LogP) is 4.57. The lowest BCUT2D eigenvalue weighted by Gasteiger charge is -2.36. The van der Waals surface area contributed by atoms with E-state index in [0.717, 1.165) is 21.9 Å². The van der Waals surface area contributed by atoms with E-state index >= 15 is 0 Å². The molecule has 0 aromatic heterocycles. The zero-order chi connectivity index (χ0) is 37.0. The average molecular weight is 688 g/mol. The van der Waals surface area contributed by atoms with Gasteiger partial charge in [0.1, 0.15) is 23.7 Å². The van der Waals surface area contributed by atoms with Gasteiger partial charge in [0.25, 0.3) is 0 Å². The highest BCUT2D eigenvalue weighted by Gasteiger charge is 2.37. The number of nitrogens with one attached hydrogen (secondary N) is 2. The molecule has 0 radical (unpaired) electrons. The van der Waals surface area contributed by atoms with Crippen LogP contribution in [0.25, 0.3) is 10.8 Å². The summed E-state index contributed by atoms with van der Waals surface area (Å²) in [5, 5.41) is 7.73. The third kappa shape index (κ3) is 11.9. The number of fused-ring (bicyclic) bond motifs is 1. The van der Waals surface area contributed by atoms with Crippen molar-refractivity contribution in [3.8, 4) is 0 Å². The van der Waals surface area contributed by atoms with Crippen molar-refractivity contribution >= 4 is 40.5 Å². The maximum absolute atomic E-state index is 14.6. The van der Waals surface area contributed by atoms with Crippen LogP contribution in [0, 0.1) is 0 Å². The highest BCUT2D eigenvalue weighted by molar-refractivity contribution is 5.94. The number of amides is 5. The summed E-state index contributed by atoms with van der Waals surface area (Å²) in [6.45, 7) is 7.19. The number of hydrogen-bond acceptors (Lipinski definition) is 6. The minimum absolute atomic E-state index is 0.132. The quantitative estimate of drug-likeness (QED) is 0.226. The van der Waals surface area contributed by atoms with E-state index in [4.69, 9.17) is 4.74 Å². The molecule has 3 aromatic carbocycles. The second-order valence-electron chi connectivity index (χ2n) is 13.9. The van der Waals surface area contributed by atoms with Gasteiger partial charge >= 0.3 is 6.09 Å². The first-order valence-corrected chi connectivity index (χ1v) is 17.1.